The molecule has 0 unspecified atom stereocenters. The smallest absolute Gasteiger partial charge is 0.412 e. The van der Waals surface area contributed by atoms with Crippen molar-refractivity contribution in [3.8, 4) is 5.75 Å². The summed E-state index contributed by atoms with van der Waals surface area (Å²) in [4.78, 5) is 59.6. The number of nitro benzene ring substituents is 1. The number of nitrogens with zero attached hydrogens (tertiary/aromatic N) is 5. The van der Waals surface area contributed by atoms with Crippen molar-refractivity contribution in [1.29, 1.82) is 0 Å². The zero-order valence-corrected chi connectivity index (χ0v) is 41.3. The van der Waals surface area contributed by atoms with Crippen molar-refractivity contribution in [2.75, 3.05) is 38.9 Å². The molecular formula is C55H64N6O12. The molecule has 2 aromatic heterocycles. The number of benzene rings is 4. The number of aliphatic hydroxyl groups excluding tert-OH is 1. The second-order valence-electron chi connectivity index (χ2n) is 17.9. The van der Waals surface area contributed by atoms with E-state index in [1.165, 1.54) is 31.7 Å². The highest BCUT2D eigenvalue weighted by Crippen LogP contribution is 2.43. The van der Waals surface area contributed by atoms with Crippen LogP contribution in [0.3, 0.4) is 0 Å². The van der Waals surface area contributed by atoms with Gasteiger partial charge in [0, 0.05) is 31.6 Å². The fourth-order valence-corrected chi connectivity index (χ4v) is 8.92. The monoisotopic (exact) mass is 1000 g/mol. The third-order valence-electron chi connectivity index (χ3n) is 12.8. The number of carbonyl (C=O) groups is 3. The number of nitrogens with one attached hydrogen (secondary N) is 1. The second kappa shape index (κ2) is 27.1. The normalized spacial score (nSPS) is 16.5. The number of unbranched alkanes of at least 4 members (excludes halogenated alkanes) is 8. The highest BCUT2D eigenvalue weighted by atomic mass is 16.6. The second-order valence-corrected chi connectivity index (χ2v) is 17.9. The Bertz CT molecular complexity index is 2650. The van der Waals surface area contributed by atoms with Gasteiger partial charge in [-0.3, -0.25) is 24.8 Å². The van der Waals surface area contributed by atoms with Crippen molar-refractivity contribution in [3.05, 3.63) is 154 Å². The maximum absolute atomic E-state index is 12.9. The number of rotatable bonds is 29. The number of non-ortho nitro benzene ring substituents is 1. The topological polar surface area (TPSA) is 226 Å². The highest BCUT2D eigenvalue weighted by molar-refractivity contribution is 5.93. The number of amides is 1. The van der Waals surface area contributed by atoms with Crippen LogP contribution >= 0.6 is 0 Å². The summed E-state index contributed by atoms with van der Waals surface area (Å²) in [5.41, 5.74) is 2.73. The van der Waals surface area contributed by atoms with Crippen LogP contribution in [0, 0.1) is 10.1 Å². The van der Waals surface area contributed by atoms with Gasteiger partial charge >= 0.3 is 12.1 Å². The molecule has 7 rings (SSSR count). The molecule has 1 aliphatic rings. The third-order valence-corrected chi connectivity index (χ3v) is 12.8. The maximum Gasteiger partial charge on any atom is 0.412 e. The summed E-state index contributed by atoms with van der Waals surface area (Å²) in [7, 11) is 1.62. The number of ketones is 1. The van der Waals surface area contributed by atoms with Crippen LogP contribution in [0.1, 0.15) is 106 Å². The van der Waals surface area contributed by atoms with Crippen LogP contribution < -0.4 is 10.1 Å². The fourth-order valence-electron chi connectivity index (χ4n) is 8.92. The number of esters is 1. The largest absolute Gasteiger partial charge is 0.497 e. The molecule has 73 heavy (non-hydrogen) atoms. The molecule has 0 spiro atoms. The van der Waals surface area contributed by atoms with Gasteiger partial charge in [-0.1, -0.05) is 130 Å². The fraction of sp³-hybridized carbons (Fsp3) is 0.418. The molecule has 2 N–H and O–H groups in total. The van der Waals surface area contributed by atoms with Gasteiger partial charge in [-0.05, 0) is 54.2 Å². The lowest BCUT2D eigenvalue weighted by molar-refractivity contribution is -0.384. The molecule has 1 aliphatic heterocycles. The van der Waals surface area contributed by atoms with Gasteiger partial charge in [0.25, 0.3) is 5.69 Å². The van der Waals surface area contributed by atoms with E-state index in [4.69, 9.17) is 28.4 Å². The van der Waals surface area contributed by atoms with Crippen molar-refractivity contribution >= 4 is 40.5 Å². The lowest BCUT2D eigenvalue weighted by Crippen LogP contribution is -2.41. The number of carbonyl (C=O) groups excluding carboxylic acids is 3. The average Bonchev–Trinajstić information content (AvgIpc) is 3.98. The summed E-state index contributed by atoms with van der Waals surface area (Å²) < 4.78 is 38.3. The molecule has 1 saturated heterocycles. The summed E-state index contributed by atoms with van der Waals surface area (Å²) in [5, 5.41) is 25.9. The van der Waals surface area contributed by atoms with Gasteiger partial charge in [-0.2, -0.15) is 0 Å². The Morgan fingerprint density at radius 3 is 1.99 bits per heavy atom. The average molecular weight is 1000 g/mol. The quantitative estimate of drug-likeness (QED) is 0.0147. The Kier molecular flexibility index (Phi) is 19.9. The van der Waals surface area contributed by atoms with Crippen LogP contribution in [-0.4, -0.2) is 99.2 Å². The third kappa shape index (κ3) is 14.5. The lowest BCUT2D eigenvalue weighted by Gasteiger charge is -2.37. The Balaban J connectivity index is 1.02. The van der Waals surface area contributed by atoms with E-state index in [9.17, 15) is 29.6 Å². The zero-order chi connectivity index (χ0) is 51.4. The molecule has 3 heterocycles. The molecule has 1 fully saturated rings. The Morgan fingerprint density at radius 2 is 1.37 bits per heavy atom. The maximum atomic E-state index is 12.9. The Morgan fingerprint density at radius 1 is 0.753 bits per heavy atom. The summed E-state index contributed by atoms with van der Waals surface area (Å²) in [6.45, 7) is 2.22. The van der Waals surface area contributed by atoms with Crippen LogP contribution in [-0.2, 0) is 45.3 Å². The lowest BCUT2D eigenvalue weighted by atomic mass is 9.80. The number of aliphatic hydroxyl groups is 1. The minimum absolute atomic E-state index is 0.00217. The number of methoxy groups -OCH3 is 1. The van der Waals surface area contributed by atoms with E-state index in [0.717, 1.165) is 80.0 Å². The van der Waals surface area contributed by atoms with E-state index in [2.05, 4.69) is 20.3 Å². The van der Waals surface area contributed by atoms with Gasteiger partial charge in [0.05, 0.1) is 44.6 Å². The number of nitro groups is 1. The summed E-state index contributed by atoms with van der Waals surface area (Å²) in [6.07, 6.45) is 7.65. The summed E-state index contributed by atoms with van der Waals surface area (Å²) in [6, 6.07) is 33.7. The molecule has 6 aromatic rings. The molecule has 0 radical (unpaired) electrons. The minimum atomic E-state index is -1.20. The predicted octanol–water partition coefficient (Wildman–Crippen LogP) is 9.61. The van der Waals surface area contributed by atoms with Crippen LogP contribution in [0.2, 0.25) is 0 Å². The van der Waals surface area contributed by atoms with Crippen LogP contribution in [0.15, 0.2) is 122 Å². The van der Waals surface area contributed by atoms with Crippen LogP contribution in [0.4, 0.5) is 16.3 Å². The van der Waals surface area contributed by atoms with Gasteiger partial charge in [-0.15, -0.1) is 0 Å². The van der Waals surface area contributed by atoms with Crippen molar-refractivity contribution in [2.24, 2.45) is 0 Å². The van der Waals surface area contributed by atoms with E-state index in [1.54, 1.807) is 23.8 Å². The number of hydrogen-bond donors (Lipinski definition) is 2. The molecule has 386 valence electrons. The van der Waals surface area contributed by atoms with E-state index >= 15 is 0 Å². The molecular weight excluding hydrogens is 937 g/mol. The molecule has 4 aromatic carbocycles. The van der Waals surface area contributed by atoms with E-state index < -0.39 is 41.2 Å². The molecule has 1 amide bonds. The Hall–Kier alpha value is -7.12. The molecule has 0 aliphatic carbocycles. The van der Waals surface area contributed by atoms with Crippen LogP contribution in [0.5, 0.6) is 5.75 Å². The number of Topliss-reactive ketones (excluding diaryl/α,β-unsaturated/α-hetero) is 1. The van der Waals surface area contributed by atoms with Gasteiger partial charge in [0.15, 0.2) is 23.2 Å². The van der Waals surface area contributed by atoms with Crippen LogP contribution in [0.25, 0.3) is 11.2 Å². The first-order chi connectivity index (χ1) is 35.6. The minimum Gasteiger partial charge on any atom is -0.497 e. The number of ether oxygens (including phenoxy) is 6. The highest BCUT2D eigenvalue weighted by Gasteiger charge is 2.48. The SMILES string of the molecule is COc1ccc(C(OC[C@H]2O[C@@H](n3cnc4c(NC(=O)OCCc5ccc([N+](=O)[O-])cc5)ncnc43)[C@H](O)[C@@H]2OCCCCCCCCCCCOC(=O)CCC(C)=O)(c2ccccc2)c2ccccc2)cc1. The first kappa shape index (κ1) is 53.7. The zero-order valence-electron chi connectivity index (χ0n) is 41.3. The molecule has 18 nitrogen and oxygen atoms in total. The van der Waals surface area contributed by atoms with Gasteiger partial charge in [0.1, 0.15) is 41.8 Å². The number of fused-ring (bicyclic) bond motifs is 1. The van der Waals surface area contributed by atoms with E-state index in [1.807, 2.05) is 84.9 Å². The summed E-state index contributed by atoms with van der Waals surface area (Å²) >= 11 is 0. The van der Waals surface area contributed by atoms with E-state index in [-0.39, 0.29) is 60.5 Å². The molecule has 0 saturated carbocycles. The number of anilines is 1. The standard InChI is InChI=1S/C55H64N6O12/c1-39(62)22-31-47(63)69-33-16-8-6-4-3-5-7-9-17-34-70-50-46(36-72-55(41-18-12-10-13-19-41,42-20-14-11-15-21-42)43-25-29-45(68-2)30-26-43)73-53(49(50)64)60-38-58-48-51(56-37-57-52(48)60)59-54(65)71-35-32-40-23-27-44(28-24-40)61(66)67/h10-15,18-21,23-30,37-38,46,49-50,53,64H,3-9,16-17,22,31-36H2,1-2H3,(H,56,57,59,65)/t46-,49-,50-,53-/m1/s1. The van der Waals surface area contributed by atoms with Gasteiger partial charge in [-0.25, -0.2) is 19.7 Å². The van der Waals surface area contributed by atoms with Crippen molar-refractivity contribution < 1.29 is 52.8 Å². The first-order valence-electron chi connectivity index (χ1n) is 24.9. The number of hydrogen-bond acceptors (Lipinski definition) is 15. The first-order valence-corrected chi connectivity index (χ1v) is 24.9. The summed E-state index contributed by atoms with van der Waals surface area (Å²) in [5.74, 6) is 0.440. The van der Waals surface area contributed by atoms with Crippen molar-refractivity contribution in [2.45, 2.75) is 114 Å². The van der Waals surface area contributed by atoms with Gasteiger partial charge < -0.3 is 38.3 Å². The van der Waals surface area contributed by atoms with E-state index in [0.29, 0.717) is 25.4 Å². The number of aromatic nitrogens is 4. The number of imidazole rings is 1. The molecule has 18 heteroatoms. The van der Waals surface area contributed by atoms with Crippen molar-refractivity contribution in [3.63, 3.8) is 0 Å². The molecule has 4 atom stereocenters. The Labute approximate surface area is 424 Å². The molecule has 0 bridgehead atoms. The van der Waals surface area contributed by atoms with Gasteiger partial charge in [0.2, 0.25) is 0 Å². The predicted molar refractivity (Wildman–Crippen MR) is 271 cm³/mol. The van der Waals surface area contributed by atoms with Crippen molar-refractivity contribution in [1.82, 2.24) is 19.5 Å².